The first-order valence-corrected chi connectivity index (χ1v) is 6.86. The Hall–Kier alpha value is -0.860. The van der Waals surface area contributed by atoms with Gasteiger partial charge >= 0.3 is 0 Å². The highest BCUT2D eigenvalue weighted by Crippen LogP contribution is 2.12. The van der Waals surface area contributed by atoms with Crippen molar-refractivity contribution in [1.82, 2.24) is 4.90 Å². The van der Waals surface area contributed by atoms with Crippen LogP contribution in [-0.4, -0.2) is 24.0 Å². The lowest BCUT2D eigenvalue weighted by Gasteiger charge is -2.22. The fourth-order valence-electron chi connectivity index (χ4n) is 2.24. The predicted octanol–water partition coefficient (Wildman–Crippen LogP) is 3.03. The Bertz CT molecular complexity index is 284. The zero-order valence-electron chi connectivity index (χ0n) is 11.2. The molecule has 1 aromatic carbocycles. The van der Waals surface area contributed by atoms with Gasteiger partial charge in [-0.1, -0.05) is 50.6 Å². The SMILES string of the molecule is CC.NC1CCCCN(Cc2ccccc2)C1. The summed E-state index contributed by atoms with van der Waals surface area (Å²) in [7, 11) is 0. The molecule has 1 unspecified atom stereocenters. The van der Waals surface area contributed by atoms with Gasteiger partial charge in [0.1, 0.15) is 0 Å². The van der Waals surface area contributed by atoms with E-state index in [0.29, 0.717) is 6.04 Å². The molecule has 1 aliphatic heterocycles. The van der Waals surface area contributed by atoms with E-state index in [-0.39, 0.29) is 0 Å². The summed E-state index contributed by atoms with van der Waals surface area (Å²) in [6, 6.07) is 11.0. The number of rotatable bonds is 2. The molecule has 1 atom stereocenters. The van der Waals surface area contributed by atoms with Crippen molar-refractivity contribution in [2.24, 2.45) is 5.73 Å². The van der Waals surface area contributed by atoms with E-state index in [1.807, 2.05) is 13.8 Å². The predicted molar refractivity (Wildman–Crippen MR) is 74.9 cm³/mol. The van der Waals surface area contributed by atoms with Crippen molar-refractivity contribution in [2.75, 3.05) is 13.1 Å². The summed E-state index contributed by atoms with van der Waals surface area (Å²) in [4.78, 5) is 2.48. The van der Waals surface area contributed by atoms with Crippen LogP contribution < -0.4 is 5.73 Å². The first kappa shape index (κ1) is 14.2. The van der Waals surface area contributed by atoms with Gasteiger partial charge in [-0.05, 0) is 24.9 Å². The first-order valence-electron chi connectivity index (χ1n) is 6.86. The van der Waals surface area contributed by atoms with Gasteiger partial charge in [0.25, 0.3) is 0 Å². The molecule has 1 saturated heterocycles. The Labute approximate surface area is 106 Å². The van der Waals surface area contributed by atoms with E-state index in [9.17, 15) is 0 Å². The molecule has 0 aromatic heterocycles. The Balaban J connectivity index is 0.000000686. The van der Waals surface area contributed by atoms with E-state index < -0.39 is 0 Å². The van der Waals surface area contributed by atoms with Crippen LogP contribution in [0.3, 0.4) is 0 Å². The smallest absolute Gasteiger partial charge is 0.0234 e. The Kier molecular flexibility index (Phi) is 6.90. The number of likely N-dealkylation sites (tertiary alicyclic amines) is 1. The summed E-state index contributed by atoms with van der Waals surface area (Å²) in [5, 5.41) is 0. The third-order valence-electron chi connectivity index (χ3n) is 3.04. The molecule has 2 heteroatoms. The Morgan fingerprint density at radius 1 is 1.18 bits per heavy atom. The molecule has 2 nitrogen and oxygen atoms in total. The molecule has 1 aromatic rings. The van der Waals surface area contributed by atoms with Crippen LogP contribution in [0.1, 0.15) is 38.7 Å². The maximum atomic E-state index is 6.04. The van der Waals surface area contributed by atoms with Crippen LogP contribution in [0.4, 0.5) is 0 Å². The summed E-state index contributed by atoms with van der Waals surface area (Å²) in [6.07, 6.45) is 3.76. The second kappa shape index (κ2) is 8.26. The number of hydrogen-bond acceptors (Lipinski definition) is 2. The molecular formula is C15H26N2. The van der Waals surface area contributed by atoms with E-state index >= 15 is 0 Å². The monoisotopic (exact) mass is 234 g/mol. The van der Waals surface area contributed by atoms with Crippen LogP contribution >= 0.6 is 0 Å². The van der Waals surface area contributed by atoms with Crippen molar-refractivity contribution in [3.63, 3.8) is 0 Å². The van der Waals surface area contributed by atoms with Crippen molar-refractivity contribution in [3.8, 4) is 0 Å². The van der Waals surface area contributed by atoms with E-state index in [1.54, 1.807) is 0 Å². The summed E-state index contributed by atoms with van der Waals surface area (Å²) < 4.78 is 0. The van der Waals surface area contributed by atoms with Gasteiger partial charge < -0.3 is 5.73 Å². The highest BCUT2D eigenvalue weighted by molar-refractivity contribution is 5.14. The van der Waals surface area contributed by atoms with Crippen LogP contribution in [0.25, 0.3) is 0 Å². The second-order valence-electron chi connectivity index (χ2n) is 4.48. The van der Waals surface area contributed by atoms with Crippen LogP contribution in [0.2, 0.25) is 0 Å². The molecule has 0 aliphatic carbocycles. The lowest BCUT2D eigenvalue weighted by atomic mass is 10.1. The molecule has 0 bridgehead atoms. The maximum absolute atomic E-state index is 6.04. The number of nitrogens with zero attached hydrogens (tertiary/aromatic N) is 1. The van der Waals surface area contributed by atoms with Gasteiger partial charge in [-0.25, -0.2) is 0 Å². The highest BCUT2D eigenvalue weighted by Gasteiger charge is 2.14. The molecule has 0 spiro atoms. The normalized spacial score (nSPS) is 21.2. The molecule has 2 rings (SSSR count). The molecule has 1 fully saturated rings. The van der Waals surface area contributed by atoms with Gasteiger partial charge in [0.2, 0.25) is 0 Å². The Morgan fingerprint density at radius 2 is 1.88 bits per heavy atom. The molecule has 0 amide bonds. The molecule has 1 heterocycles. The van der Waals surface area contributed by atoms with Gasteiger partial charge in [-0.15, -0.1) is 0 Å². The minimum absolute atomic E-state index is 0.371. The molecule has 0 radical (unpaired) electrons. The van der Waals surface area contributed by atoms with Crippen molar-refractivity contribution < 1.29 is 0 Å². The second-order valence-corrected chi connectivity index (χ2v) is 4.48. The molecule has 2 N–H and O–H groups in total. The van der Waals surface area contributed by atoms with E-state index in [4.69, 9.17) is 5.73 Å². The lowest BCUT2D eigenvalue weighted by molar-refractivity contribution is 0.265. The third kappa shape index (κ3) is 5.33. The largest absolute Gasteiger partial charge is 0.327 e. The number of benzene rings is 1. The fraction of sp³-hybridized carbons (Fsp3) is 0.600. The van der Waals surface area contributed by atoms with Crippen molar-refractivity contribution in [2.45, 2.75) is 45.7 Å². The standard InChI is InChI=1S/C13H20N2.C2H6/c14-13-8-4-5-9-15(11-13)10-12-6-2-1-3-7-12;1-2/h1-3,6-7,13H,4-5,8-11,14H2;1-2H3. The van der Waals surface area contributed by atoms with E-state index in [0.717, 1.165) is 13.1 Å². The van der Waals surface area contributed by atoms with Gasteiger partial charge in [0, 0.05) is 19.1 Å². The van der Waals surface area contributed by atoms with Gasteiger partial charge in [-0.2, -0.15) is 0 Å². The minimum Gasteiger partial charge on any atom is -0.327 e. The number of nitrogens with two attached hydrogens (primary N) is 1. The van der Waals surface area contributed by atoms with E-state index in [1.165, 1.54) is 31.4 Å². The van der Waals surface area contributed by atoms with Gasteiger partial charge in [-0.3, -0.25) is 4.90 Å². The van der Waals surface area contributed by atoms with Crippen molar-refractivity contribution >= 4 is 0 Å². The Morgan fingerprint density at radius 3 is 2.59 bits per heavy atom. The van der Waals surface area contributed by atoms with Gasteiger partial charge in [0.15, 0.2) is 0 Å². The zero-order chi connectivity index (χ0) is 12.5. The summed E-state index contributed by atoms with van der Waals surface area (Å²) in [6.45, 7) is 7.30. The van der Waals surface area contributed by atoms with E-state index in [2.05, 4.69) is 35.2 Å². The summed E-state index contributed by atoms with van der Waals surface area (Å²) in [5.74, 6) is 0. The maximum Gasteiger partial charge on any atom is 0.0234 e. The van der Waals surface area contributed by atoms with Crippen LogP contribution in [0.5, 0.6) is 0 Å². The molecule has 0 saturated carbocycles. The first-order chi connectivity index (χ1) is 8.34. The van der Waals surface area contributed by atoms with Crippen molar-refractivity contribution in [1.29, 1.82) is 0 Å². The van der Waals surface area contributed by atoms with Crippen LogP contribution in [0, 0.1) is 0 Å². The lowest BCUT2D eigenvalue weighted by Crippen LogP contribution is -2.35. The number of hydrogen-bond donors (Lipinski definition) is 1. The average Bonchev–Trinajstić information content (AvgIpc) is 2.57. The summed E-state index contributed by atoms with van der Waals surface area (Å²) in [5.41, 5.74) is 7.43. The summed E-state index contributed by atoms with van der Waals surface area (Å²) >= 11 is 0. The average molecular weight is 234 g/mol. The molecular weight excluding hydrogens is 208 g/mol. The molecule has 96 valence electrons. The minimum atomic E-state index is 0.371. The zero-order valence-corrected chi connectivity index (χ0v) is 11.2. The van der Waals surface area contributed by atoms with Crippen LogP contribution in [0.15, 0.2) is 30.3 Å². The van der Waals surface area contributed by atoms with Gasteiger partial charge in [0.05, 0.1) is 0 Å². The third-order valence-corrected chi connectivity index (χ3v) is 3.04. The topological polar surface area (TPSA) is 29.3 Å². The quantitative estimate of drug-likeness (QED) is 0.852. The van der Waals surface area contributed by atoms with Crippen molar-refractivity contribution in [3.05, 3.63) is 35.9 Å². The highest BCUT2D eigenvalue weighted by atomic mass is 15.1. The van der Waals surface area contributed by atoms with Crippen LogP contribution in [-0.2, 0) is 6.54 Å². The molecule has 17 heavy (non-hydrogen) atoms. The fourth-order valence-corrected chi connectivity index (χ4v) is 2.24. The molecule has 1 aliphatic rings.